The summed E-state index contributed by atoms with van der Waals surface area (Å²) >= 11 is 0. The first-order valence-electron chi connectivity index (χ1n) is 10.9. The number of carbonyl (C=O) groups is 2. The van der Waals surface area contributed by atoms with E-state index in [9.17, 15) is 9.59 Å². The van der Waals surface area contributed by atoms with Crippen molar-refractivity contribution in [1.29, 1.82) is 0 Å². The van der Waals surface area contributed by atoms with Gasteiger partial charge in [-0.25, -0.2) is 0 Å². The van der Waals surface area contributed by atoms with Crippen LogP contribution in [0.5, 0.6) is 17.2 Å². The molecule has 0 aromatic heterocycles. The van der Waals surface area contributed by atoms with Crippen LogP contribution in [0.4, 0.5) is 11.4 Å². The number of benzene rings is 2. The molecule has 1 unspecified atom stereocenters. The first kappa shape index (κ1) is 23.2. The van der Waals surface area contributed by atoms with Crippen LogP contribution in [0.25, 0.3) is 6.08 Å². The van der Waals surface area contributed by atoms with Crippen LogP contribution in [0.1, 0.15) is 39.2 Å². The molecule has 7 nitrogen and oxygen atoms in total. The highest BCUT2D eigenvalue weighted by atomic mass is 16.5. The highest BCUT2D eigenvalue weighted by molar-refractivity contribution is 6.04. The lowest BCUT2D eigenvalue weighted by Crippen LogP contribution is -2.44. The Morgan fingerprint density at radius 3 is 2.72 bits per heavy atom. The fourth-order valence-corrected chi connectivity index (χ4v) is 3.45. The van der Waals surface area contributed by atoms with Gasteiger partial charge in [-0.1, -0.05) is 19.4 Å². The van der Waals surface area contributed by atoms with Crippen LogP contribution in [0.2, 0.25) is 0 Å². The number of hydrogen-bond acceptors (Lipinski definition) is 5. The predicted molar refractivity (Wildman–Crippen MR) is 126 cm³/mol. The zero-order valence-electron chi connectivity index (χ0n) is 19.0. The van der Waals surface area contributed by atoms with Gasteiger partial charge >= 0.3 is 0 Å². The van der Waals surface area contributed by atoms with Crippen LogP contribution in [0.15, 0.2) is 42.5 Å². The third kappa shape index (κ3) is 5.41. The average molecular weight is 439 g/mol. The number of amides is 2. The van der Waals surface area contributed by atoms with Gasteiger partial charge in [0.2, 0.25) is 5.91 Å². The van der Waals surface area contributed by atoms with Gasteiger partial charge < -0.3 is 24.4 Å². The monoisotopic (exact) mass is 438 g/mol. The minimum atomic E-state index is -0.520. The second-order valence-corrected chi connectivity index (χ2v) is 7.45. The Kier molecular flexibility index (Phi) is 7.76. The van der Waals surface area contributed by atoms with Crippen LogP contribution in [-0.2, 0) is 9.59 Å². The Hall–Kier alpha value is -3.48. The number of fused-ring (bicyclic) bond motifs is 1. The Labute approximate surface area is 189 Å². The minimum Gasteiger partial charge on any atom is -0.493 e. The van der Waals surface area contributed by atoms with Gasteiger partial charge in [0.25, 0.3) is 5.91 Å². The maximum absolute atomic E-state index is 12.6. The summed E-state index contributed by atoms with van der Waals surface area (Å²) < 4.78 is 16.6. The van der Waals surface area contributed by atoms with Crippen molar-refractivity contribution in [3.63, 3.8) is 0 Å². The third-order valence-corrected chi connectivity index (χ3v) is 5.08. The third-order valence-electron chi connectivity index (χ3n) is 5.08. The van der Waals surface area contributed by atoms with Gasteiger partial charge in [-0.05, 0) is 62.2 Å². The lowest BCUT2D eigenvalue weighted by atomic mass is 10.1. The molecule has 0 spiro atoms. The molecule has 1 aliphatic rings. The summed E-state index contributed by atoms with van der Waals surface area (Å²) in [4.78, 5) is 26.8. The molecule has 32 heavy (non-hydrogen) atoms. The van der Waals surface area contributed by atoms with Gasteiger partial charge in [-0.15, -0.1) is 0 Å². The Morgan fingerprint density at radius 1 is 1.19 bits per heavy atom. The molecule has 0 radical (unpaired) electrons. The van der Waals surface area contributed by atoms with E-state index in [0.717, 1.165) is 18.4 Å². The first-order chi connectivity index (χ1) is 15.5. The van der Waals surface area contributed by atoms with E-state index in [1.807, 2.05) is 25.1 Å². The lowest BCUT2D eigenvalue weighted by molar-refractivity contribution is -0.125. The van der Waals surface area contributed by atoms with E-state index >= 15 is 0 Å². The van der Waals surface area contributed by atoms with Gasteiger partial charge in [0, 0.05) is 18.3 Å². The molecule has 0 saturated carbocycles. The SMILES string of the molecule is CCCCN1C(=O)C(C)Oc2ccc(NC(=O)/C=C/c3ccc(OCC)c(OC)c3)cc21. The van der Waals surface area contributed by atoms with Crippen LogP contribution < -0.4 is 24.4 Å². The number of hydrogen-bond donors (Lipinski definition) is 1. The molecule has 0 saturated heterocycles. The van der Waals surface area contributed by atoms with Crippen LogP contribution in [-0.4, -0.2) is 38.2 Å². The smallest absolute Gasteiger partial charge is 0.267 e. The maximum Gasteiger partial charge on any atom is 0.267 e. The fourth-order valence-electron chi connectivity index (χ4n) is 3.45. The van der Waals surface area contributed by atoms with Crippen molar-refractivity contribution in [3.05, 3.63) is 48.0 Å². The molecule has 0 bridgehead atoms. The lowest BCUT2D eigenvalue weighted by Gasteiger charge is -2.33. The molecule has 3 rings (SSSR count). The Balaban J connectivity index is 1.73. The number of methoxy groups -OCH3 is 1. The van der Waals surface area contributed by atoms with Crippen LogP contribution in [0, 0.1) is 0 Å². The van der Waals surface area contributed by atoms with E-state index in [0.29, 0.717) is 41.8 Å². The summed E-state index contributed by atoms with van der Waals surface area (Å²) in [5, 5.41) is 2.85. The molecule has 1 heterocycles. The van der Waals surface area contributed by atoms with Crippen LogP contribution in [0.3, 0.4) is 0 Å². The van der Waals surface area contributed by atoms with Crippen molar-refractivity contribution in [2.45, 2.75) is 39.7 Å². The van der Waals surface area contributed by atoms with E-state index in [-0.39, 0.29) is 11.8 Å². The molecule has 1 N–H and O–H groups in total. The molecule has 0 aliphatic carbocycles. The van der Waals surface area contributed by atoms with E-state index in [1.54, 1.807) is 43.2 Å². The standard InChI is InChI=1S/C25H30N2O5/c1-5-7-14-27-20-16-19(10-12-21(20)32-17(3)25(27)29)26-24(28)13-9-18-8-11-22(31-6-2)23(15-18)30-4/h8-13,15-17H,5-7,14H2,1-4H3,(H,26,28)/b13-9+. The number of anilines is 2. The second-order valence-electron chi connectivity index (χ2n) is 7.45. The number of ether oxygens (including phenoxy) is 3. The molecular weight excluding hydrogens is 408 g/mol. The number of nitrogens with one attached hydrogen (secondary N) is 1. The maximum atomic E-state index is 12.6. The van der Waals surface area contributed by atoms with Crippen molar-refractivity contribution < 1.29 is 23.8 Å². The van der Waals surface area contributed by atoms with E-state index in [1.165, 1.54) is 6.08 Å². The summed E-state index contributed by atoms with van der Waals surface area (Å²) in [7, 11) is 1.58. The van der Waals surface area contributed by atoms with Gasteiger partial charge in [-0.2, -0.15) is 0 Å². The van der Waals surface area contributed by atoms with Gasteiger partial charge in [-0.3, -0.25) is 9.59 Å². The molecule has 170 valence electrons. The van der Waals surface area contributed by atoms with E-state index in [4.69, 9.17) is 14.2 Å². The molecule has 7 heteroatoms. The highest BCUT2D eigenvalue weighted by Crippen LogP contribution is 2.36. The quantitative estimate of drug-likeness (QED) is 0.576. The number of unbranched alkanes of at least 4 members (excludes halogenated alkanes) is 1. The van der Waals surface area contributed by atoms with E-state index < -0.39 is 6.10 Å². The van der Waals surface area contributed by atoms with Crippen molar-refractivity contribution in [2.75, 3.05) is 30.5 Å². The first-order valence-corrected chi connectivity index (χ1v) is 10.9. The van der Waals surface area contributed by atoms with E-state index in [2.05, 4.69) is 12.2 Å². The Bertz CT molecular complexity index is 1000. The minimum absolute atomic E-state index is 0.0706. The number of rotatable bonds is 9. The highest BCUT2D eigenvalue weighted by Gasteiger charge is 2.31. The average Bonchev–Trinajstić information content (AvgIpc) is 2.79. The summed E-state index contributed by atoms with van der Waals surface area (Å²) in [5.74, 6) is 1.55. The zero-order valence-corrected chi connectivity index (χ0v) is 19.0. The molecule has 1 atom stereocenters. The van der Waals surface area contributed by atoms with Crippen molar-refractivity contribution in [1.82, 2.24) is 0 Å². The number of nitrogens with zero attached hydrogens (tertiary/aromatic N) is 1. The molecule has 2 amide bonds. The molecule has 2 aromatic rings. The van der Waals surface area contributed by atoms with Crippen molar-refractivity contribution in [3.8, 4) is 17.2 Å². The molecular formula is C25H30N2O5. The largest absolute Gasteiger partial charge is 0.493 e. The summed E-state index contributed by atoms with van der Waals surface area (Å²) in [6.45, 7) is 6.90. The molecule has 0 fully saturated rings. The zero-order chi connectivity index (χ0) is 23.1. The number of carbonyl (C=O) groups excluding carboxylic acids is 2. The predicted octanol–water partition coefficient (Wildman–Crippen LogP) is 4.66. The second kappa shape index (κ2) is 10.7. The summed E-state index contributed by atoms with van der Waals surface area (Å²) in [6.07, 6.45) is 4.50. The summed E-state index contributed by atoms with van der Waals surface area (Å²) in [6, 6.07) is 10.8. The fraction of sp³-hybridized carbons (Fsp3) is 0.360. The van der Waals surface area contributed by atoms with Gasteiger partial charge in [0.1, 0.15) is 5.75 Å². The molecule has 1 aliphatic heterocycles. The topological polar surface area (TPSA) is 77.1 Å². The molecule has 2 aromatic carbocycles. The van der Waals surface area contributed by atoms with Crippen LogP contribution >= 0.6 is 0 Å². The van der Waals surface area contributed by atoms with Crippen molar-refractivity contribution >= 4 is 29.3 Å². The van der Waals surface area contributed by atoms with Gasteiger partial charge in [0.15, 0.2) is 17.6 Å². The van der Waals surface area contributed by atoms with Crippen molar-refractivity contribution in [2.24, 2.45) is 0 Å². The Morgan fingerprint density at radius 2 is 2.00 bits per heavy atom. The summed E-state index contributed by atoms with van der Waals surface area (Å²) in [5.41, 5.74) is 2.08. The van der Waals surface area contributed by atoms with Gasteiger partial charge in [0.05, 0.1) is 19.4 Å². The normalized spacial score (nSPS) is 15.3.